The lowest BCUT2D eigenvalue weighted by Crippen LogP contribution is -2.45. The predicted molar refractivity (Wildman–Crippen MR) is 107 cm³/mol. The van der Waals surface area contributed by atoms with Gasteiger partial charge in [-0.2, -0.15) is 0 Å². The highest BCUT2D eigenvalue weighted by molar-refractivity contribution is 5.75. The van der Waals surface area contributed by atoms with Crippen molar-refractivity contribution in [2.45, 2.75) is 57.5 Å². The van der Waals surface area contributed by atoms with Crippen molar-refractivity contribution in [2.24, 2.45) is 0 Å². The Hall–Kier alpha value is -2.56. The highest BCUT2D eigenvalue weighted by Crippen LogP contribution is 2.29. The summed E-state index contributed by atoms with van der Waals surface area (Å²) in [6, 6.07) is 11.5. The highest BCUT2D eigenvalue weighted by atomic mass is 16.3. The van der Waals surface area contributed by atoms with E-state index in [1.165, 1.54) is 17.5 Å². The van der Waals surface area contributed by atoms with E-state index in [2.05, 4.69) is 17.2 Å². The Bertz CT molecular complexity index is 718. The van der Waals surface area contributed by atoms with E-state index in [0.29, 0.717) is 0 Å². The first kappa shape index (κ1) is 19.2. The molecule has 2 atom stereocenters. The largest absolute Gasteiger partial charge is 0.508 e. The number of benzene rings is 1. The first-order valence-electron chi connectivity index (χ1n) is 9.88. The number of phenolic OH excluding ortho intramolecular Hbond substituents is 1. The molecule has 27 heavy (non-hydrogen) atoms. The van der Waals surface area contributed by atoms with E-state index >= 15 is 0 Å². The number of aromatic nitrogens is 1. The van der Waals surface area contributed by atoms with Crippen molar-refractivity contribution in [3.63, 3.8) is 0 Å². The number of rotatable bonds is 5. The Balaban J connectivity index is 1.59. The van der Waals surface area contributed by atoms with Crippen molar-refractivity contribution in [2.75, 3.05) is 6.54 Å². The van der Waals surface area contributed by atoms with Gasteiger partial charge in [0.25, 0.3) is 0 Å². The SMILES string of the molecule is CC(CCc1ccc(O)cc1)NC(=O)N1CCCCCC1c1ccncc1. The number of carbonyl (C=O) groups is 1. The standard InChI is InChI=1S/C22H29N3O2/c1-17(6-7-18-8-10-20(26)11-9-18)24-22(27)25-16-4-2-3-5-21(25)19-12-14-23-15-13-19/h8-15,17,21,26H,2-7,16H2,1H3,(H,24,27). The van der Waals surface area contributed by atoms with E-state index in [4.69, 9.17) is 0 Å². The number of hydrogen-bond acceptors (Lipinski definition) is 3. The Labute approximate surface area is 161 Å². The Morgan fingerprint density at radius 1 is 1.19 bits per heavy atom. The molecule has 3 rings (SSSR count). The first-order chi connectivity index (χ1) is 13.1. The summed E-state index contributed by atoms with van der Waals surface area (Å²) in [7, 11) is 0. The molecule has 144 valence electrons. The van der Waals surface area contributed by atoms with Crippen LogP contribution < -0.4 is 5.32 Å². The topological polar surface area (TPSA) is 65.5 Å². The maximum Gasteiger partial charge on any atom is 0.318 e. The van der Waals surface area contributed by atoms with Crippen LogP contribution in [0.25, 0.3) is 0 Å². The van der Waals surface area contributed by atoms with Crippen LogP contribution in [-0.2, 0) is 6.42 Å². The number of pyridine rings is 1. The maximum absolute atomic E-state index is 13.0. The first-order valence-corrected chi connectivity index (χ1v) is 9.88. The van der Waals surface area contributed by atoms with Crippen LogP contribution in [0.3, 0.4) is 0 Å². The summed E-state index contributed by atoms with van der Waals surface area (Å²) in [5.74, 6) is 0.281. The summed E-state index contributed by atoms with van der Waals surface area (Å²) < 4.78 is 0. The number of likely N-dealkylation sites (tertiary alicyclic amines) is 1. The van der Waals surface area contributed by atoms with Crippen molar-refractivity contribution in [3.05, 3.63) is 59.9 Å². The molecule has 0 aliphatic carbocycles. The van der Waals surface area contributed by atoms with Crippen LogP contribution in [0, 0.1) is 0 Å². The third kappa shape index (κ3) is 5.46. The second-order valence-electron chi connectivity index (χ2n) is 7.39. The molecule has 1 aliphatic rings. The number of nitrogens with zero attached hydrogens (tertiary/aromatic N) is 2. The van der Waals surface area contributed by atoms with Gasteiger partial charge in [0.2, 0.25) is 0 Å². The Morgan fingerprint density at radius 2 is 1.93 bits per heavy atom. The second-order valence-corrected chi connectivity index (χ2v) is 7.39. The fourth-order valence-corrected chi connectivity index (χ4v) is 3.70. The molecule has 1 aromatic carbocycles. The Morgan fingerprint density at radius 3 is 2.67 bits per heavy atom. The summed E-state index contributed by atoms with van der Waals surface area (Å²) in [4.78, 5) is 19.1. The second kappa shape index (κ2) is 9.40. The van der Waals surface area contributed by atoms with Crippen molar-refractivity contribution in [1.82, 2.24) is 15.2 Å². The monoisotopic (exact) mass is 367 g/mol. The summed E-state index contributed by atoms with van der Waals surface area (Å²) in [6.07, 6.45) is 9.71. The summed E-state index contributed by atoms with van der Waals surface area (Å²) >= 11 is 0. The van der Waals surface area contributed by atoms with Gasteiger partial charge in [-0.15, -0.1) is 0 Å². The van der Waals surface area contributed by atoms with Gasteiger partial charge in [-0.05, 0) is 68.0 Å². The van der Waals surface area contributed by atoms with E-state index in [1.54, 1.807) is 24.5 Å². The van der Waals surface area contributed by atoms with Crippen molar-refractivity contribution >= 4 is 6.03 Å². The van der Waals surface area contributed by atoms with Crippen LogP contribution in [-0.4, -0.2) is 33.6 Å². The fraction of sp³-hybridized carbons (Fsp3) is 0.455. The molecule has 1 aliphatic heterocycles. The molecule has 1 saturated heterocycles. The van der Waals surface area contributed by atoms with Crippen molar-refractivity contribution < 1.29 is 9.90 Å². The molecule has 0 bridgehead atoms. The normalized spacial score (nSPS) is 18.6. The zero-order valence-corrected chi connectivity index (χ0v) is 16.0. The zero-order chi connectivity index (χ0) is 19.1. The average Bonchev–Trinajstić information content (AvgIpc) is 2.94. The number of phenols is 1. The molecule has 2 unspecified atom stereocenters. The summed E-state index contributed by atoms with van der Waals surface area (Å²) in [5, 5.41) is 12.6. The predicted octanol–water partition coefficient (Wildman–Crippen LogP) is 4.44. The number of amides is 2. The molecule has 2 N–H and O–H groups in total. The number of hydrogen-bond donors (Lipinski definition) is 2. The fourth-order valence-electron chi connectivity index (χ4n) is 3.70. The smallest absolute Gasteiger partial charge is 0.318 e. The Kier molecular flexibility index (Phi) is 6.69. The maximum atomic E-state index is 13.0. The van der Waals surface area contributed by atoms with Gasteiger partial charge in [-0.25, -0.2) is 4.79 Å². The minimum atomic E-state index is 0.0249. The number of carbonyl (C=O) groups excluding carboxylic acids is 1. The van der Waals surface area contributed by atoms with E-state index in [1.807, 2.05) is 29.2 Å². The van der Waals surface area contributed by atoms with Gasteiger partial charge in [0, 0.05) is 25.0 Å². The molecular weight excluding hydrogens is 338 g/mol. The van der Waals surface area contributed by atoms with Crippen molar-refractivity contribution in [1.29, 1.82) is 0 Å². The molecule has 1 aromatic heterocycles. The van der Waals surface area contributed by atoms with Crippen LogP contribution >= 0.6 is 0 Å². The van der Waals surface area contributed by atoms with Crippen molar-refractivity contribution in [3.8, 4) is 5.75 Å². The molecular formula is C22H29N3O2. The van der Waals surface area contributed by atoms with Crippen LogP contribution in [0.2, 0.25) is 0 Å². The quantitative estimate of drug-likeness (QED) is 0.821. The minimum absolute atomic E-state index is 0.0249. The zero-order valence-electron chi connectivity index (χ0n) is 16.0. The lowest BCUT2D eigenvalue weighted by atomic mass is 10.0. The van der Waals surface area contributed by atoms with E-state index in [0.717, 1.165) is 38.6 Å². The third-order valence-electron chi connectivity index (χ3n) is 5.28. The molecule has 5 heteroatoms. The third-order valence-corrected chi connectivity index (χ3v) is 5.28. The van der Waals surface area contributed by atoms with Crippen LogP contribution in [0.4, 0.5) is 4.79 Å². The number of urea groups is 1. The van der Waals surface area contributed by atoms with Gasteiger partial charge in [0.15, 0.2) is 0 Å². The van der Waals surface area contributed by atoms with Gasteiger partial charge in [-0.3, -0.25) is 4.98 Å². The molecule has 2 heterocycles. The molecule has 2 aromatic rings. The van der Waals surface area contributed by atoms with Crippen LogP contribution in [0.15, 0.2) is 48.8 Å². The average molecular weight is 367 g/mol. The van der Waals surface area contributed by atoms with Gasteiger partial charge >= 0.3 is 6.03 Å². The summed E-state index contributed by atoms with van der Waals surface area (Å²) in [6.45, 7) is 2.85. The lowest BCUT2D eigenvalue weighted by molar-refractivity contribution is 0.172. The molecule has 1 fully saturated rings. The molecule has 0 spiro atoms. The van der Waals surface area contributed by atoms with Crippen LogP contribution in [0.1, 0.15) is 56.2 Å². The lowest BCUT2D eigenvalue weighted by Gasteiger charge is -2.31. The van der Waals surface area contributed by atoms with Gasteiger partial charge in [-0.1, -0.05) is 25.0 Å². The molecule has 0 radical (unpaired) electrons. The van der Waals surface area contributed by atoms with E-state index in [9.17, 15) is 9.90 Å². The summed E-state index contributed by atoms with van der Waals surface area (Å²) in [5.41, 5.74) is 2.33. The van der Waals surface area contributed by atoms with Gasteiger partial charge < -0.3 is 15.3 Å². The minimum Gasteiger partial charge on any atom is -0.508 e. The van der Waals surface area contributed by atoms with Gasteiger partial charge in [0.1, 0.15) is 5.75 Å². The molecule has 2 amide bonds. The van der Waals surface area contributed by atoms with E-state index in [-0.39, 0.29) is 23.9 Å². The van der Waals surface area contributed by atoms with Crippen LogP contribution in [0.5, 0.6) is 5.75 Å². The number of aromatic hydroxyl groups is 1. The number of aryl methyl sites for hydroxylation is 1. The molecule has 5 nitrogen and oxygen atoms in total. The molecule has 0 saturated carbocycles. The van der Waals surface area contributed by atoms with E-state index < -0.39 is 0 Å². The number of nitrogens with one attached hydrogen (secondary N) is 1. The highest BCUT2D eigenvalue weighted by Gasteiger charge is 2.27. The van der Waals surface area contributed by atoms with Gasteiger partial charge in [0.05, 0.1) is 6.04 Å².